The number of guanidine groups is 1. The normalized spacial score (nSPS) is 14.8. The molecule has 0 aliphatic rings. The van der Waals surface area contributed by atoms with Crippen molar-refractivity contribution in [1.29, 1.82) is 0 Å². The first kappa shape index (κ1) is 32.0. The number of nitrogens with one attached hydrogen (secondary N) is 4. The number of nitrogens with two attached hydrogens (primary N) is 3. The average Bonchev–Trinajstić information content (AvgIpc) is 3.34. The Kier molecular flexibility index (Phi) is 12.4. The fourth-order valence-corrected chi connectivity index (χ4v) is 4.07. The van der Waals surface area contributed by atoms with Crippen LogP contribution in [0.5, 0.6) is 0 Å². The van der Waals surface area contributed by atoms with E-state index in [2.05, 4.69) is 25.9 Å². The Morgan fingerprint density at radius 2 is 1.68 bits per heavy atom. The molecule has 0 aliphatic heterocycles. The highest BCUT2D eigenvalue weighted by molar-refractivity contribution is 5.95. The van der Waals surface area contributed by atoms with Crippen LogP contribution in [0.1, 0.15) is 38.7 Å². The number of aliphatic carboxylic acids is 1. The fraction of sp³-hybridized carbons (Fsp3) is 0.500. The van der Waals surface area contributed by atoms with Gasteiger partial charge in [0.25, 0.3) is 0 Å². The second kappa shape index (κ2) is 15.4. The van der Waals surface area contributed by atoms with Crippen LogP contribution in [-0.2, 0) is 25.6 Å². The zero-order valence-electron chi connectivity index (χ0n) is 22.7. The van der Waals surface area contributed by atoms with Crippen LogP contribution in [0, 0.1) is 5.92 Å². The third kappa shape index (κ3) is 9.24. The average molecular weight is 561 g/mol. The maximum atomic E-state index is 13.4. The number of aliphatic hydroxyl groups is 1. The first-order valence-electron chi connectivity index (χ1n) is 13.1. The summed E-state index contributed by atoms with van der Waals surface area (Å²) in [4.78, 5) is 58.1. The smallest absolute Gasteiger partial charge is 0.326 e. The second-order valence-corrected chi connectivity index (χ2v) is 9.63. The Morgan fingerprint density at radius 1 is 1.02 bits per heavy atom. The van der Waals surface area contributed by atoms with E-state index in [-0.39, 0.29) is 31.3 Å². The van der Waals surface area contributed by atoms with Crippen LogP contribution in [-0.4, -0.2) is 82.2 Å². The number of hydrogen-bond donors (Lipinski definition) is 9. The number of para-hydroxylation sites is 1. The second-order valence-electron chi connectivity index (χ2n) is 9.63. The summed E-state index contributed by atoms with van der Waals surface area (Å²) >= 11 is 0. The number of H-pyrrole nitrogens is 1. The van der Waals surface area contributed by atoms with E-state index < -0.39 is 54.5 Å². The number of hydrogen-bond acceptors (Lipinski definition) is 7. The fourth-order valence-electron chi connectivity index (χ4n) is 4.07. The number of carbonyl (C=O) groups excluding carboxylic acids is 3. The van der Waals surface area contributed by atoms with Gasteiger partial charge in [0.05, 0.1) is 6.61 Å². The van der Waals surface area contributed by atoms with Crippen LogP contribution in [0.4, 0.5) is 0 Å². The molecule has 14 heteroatoms. The van der Waals surface area contributed by atoms with Crippen LogP contribution in [0.3, 0.4) is 0 Å². The van der Waals surface area contributed by atoms with Gasteiger partial charge in [-0.05, 0) is 30.4 Å². The molecule has 5 unspecified atom stereocenters. The summed E-state index contributed by atoms with van der Waals surface area (Å²) in [5, 5.41) is 27.5. The van der Waals surface area contributed by atoms with E-state index in [1.165, 1.54) is 0 Å². The van der Waals surface area contributed by atoms with Crippen molar-refractivity contribution >= 4 is 40.6 Å². The molecule has 0 fully saturated rings. The summed E-state index contributed by atoms with van der Waals surface area (Å²) in [7, 11) is 0. The van der Waals surface area contributed by atoms with Crippen LogP contribution in [0.15, 0.2) is 35.5 Å². The highest BCUT2D eigenvalue weighted by Gasteiger charge is 2.32. The van der Waals surface area contributed by atoms with Gasteiger partial charge >= 0.3 is 5.97 Å². The summed E-state index contributed by atoms with van der Waals surface area (Å²) in [5.74, 6) is -3.83. The molecule has 14 nitrogen and oxygen atoms in total. The van der Waals surface area contributed by atoms with Crippen molar-refractivity contribution in [2.75, 3.05) is 13.2 Å². The molecular formula is C26H40N8O6. The number of amides is 3. The van der Waals surface area contributed by atoms with Crippen molar-refractivity contribution in [1.82, 2.24) is 20.9 Å². The van der Waals surface area contributed by atoms with Gasteiger partial charge in [-0.3, -0.25) is 19.4 Å². The molecule has 0 spiro atoms. The number of carboxylic acids is 1. The largest absolute Gasteiger partial charge is 0.480 e. The lowest BCUT2D eigenvalue weighted by atomic mass is 9.97. The van der Waals surface area contributed by atoms with Crippen LogP contribution >= 0.6 is 0 Å². The summed E-state index contributed by atoms with van der Waals surface area (Å²) in [6.07, 6.45) is 2.66. The highest BCUT2D eigenvalue weighted by Crippen LogP contribution is 2.20. The topological polar surface area (TPSA) is 251 Å². The molecule has 0 saturated heterocycles. The van der Waals surface area contributed by atoms with Crippen LogP contribution in [0.25, 0.3) is 10.9 Å². The summed E-state index contributed by atoms with van der Waals surface area (Å²) in [6, 6.07) is 2.67. The molecule has 40 heavy (non-hydrogen) atoms. The van der Waals surface area contributed by atoms with E-state index in [1.807, 2.05) is 31.2 Å². The van der Waals surface area contributed by atoms with Gasteiger partial charge in [-0.25, -0.2) is 4.79 Å². The molecule has 1 aromatic heterocycles. The monoisotopic (exact) mass is 560 g/mol. The third-order valence-electron chi connectivity index (χ3n) is 6.62. The number of fused-ring (bicyclic) bond motifs is 1. The number of nitrogens with zero attached hydrogens (tertiary/aromatic N) is 1. The van der Waals surface area contributed by atoms with Crippen molar-refractivity contribution in [3.63, 3.8) is 0 Å². The predicted molar refractivity (Wildman–Crippen MR) is 150 cm³/mol. The van der Waals surface area contributed by atoms with Crippen molar-refractivity contribution in [2.45, 2.75) is 63.7 Å². The quantitative estimate of drug-likeness (QED) is 0.0669. The molecular weight excluding hydrogens is 520 g/mol. The Hall–Kier alpha value is -4.17. The standard InChI is InChI=1S/C26H40N8O6/c1-3-14(2)21(25(39)40)34-24(38)20(11-15-12-31-18-8-5-4-7-16(15)18)33-23(37)19(9-6-10-30-26(28)29)32-22(36)17(27)13-35/h4-5,7-8,12,14,17,19-21,31,35H,3,6,9-11,13,27H2,1-2H3,(H,32,36)(H,33,37)(H,34,38)(H,39,40)(H4,28,29,30). The minimum atomic E-state index is -1.26. The Bertz CT molecular complexity index is 1190. The molecule has 0 bridgehead atoms. The molecule has 1 aromatic carbocycles. The SMILES string of the molecule is CCC(C)C(NC(=O)C(Cc1c[nH]c2ccccc12)NC(=O)C(CCCN=C(N)N)NC(=O)C(N)CO)C(=O)O. The van der Waals surface area contributed by atoms with E-state index in [1.54, 1.807) is 13.1 Å². The Morgan fingerprint density at radius 3 is 2.30 bits per heavy atom. The molecule has 5 atom stereocenters. The predicted octanol–water partition coefficient (Wildman–Crippen LogP) is -1.33. The van der Waals surface area contributed by atoms with E-state index >= 15 is 0 Å². The van der Waals surface area contributed by atoms with Gasteiger partial charge in [0.2, 0.25) is 17.7 Å². The Balaban J connectivity index is 2.34. The molecule has 1 heterocycles. The number of aliphatic imine (C=N–C) groups is 1. The summed E-state index contributed by atoms with van der Waals surface area (Å²) in [6.45, 7) is 3.07. The lowest BCUT2D eigenvalue weighted by molar-refractivity contribution is -0.143. The van der Waals surface area contributed by atoms with E-state index in [0.717, 1.165) is 16.5 Å². The number of aliphatic hydroxyl groups excluding tert-OH is 1. The first-order valence-corrected chi connectivity index (χ1v) is 13.1. The number of carbonyl (C=O) groups is 4. The van der Waals surface area contributed by atoms with Crippen molar-refractivity contribution in [2.24, 2.45) is 28.1 Å². The van der Waals surface area contributed by atoms with E-state index in [0.29, 0.717) is 12.8 Å². The number of benzene rings is 1. The van der Waals surface area contributed by atoms with Crippen LogP contribution in [0.2, 0.25) is 0 Å². The van der Waals surface area contributed by atoms with Crippen molar-refractivity contribution < 1.29 is 29.4 Å². The molecule has 0 aliphatic carbocycles. The van der Waals surface area contributed by atoms with Crippen LogP contribution < -0.4 is 33.2 Å². The minimum Gasteiger partial charge on any atom is -0.480 e. The zero-order valence-corrected chi connectivity index (χ0v) is 22.7. The highest BCUT2D eigenvalue weighted by atomic mass is 16.4. The maximum Gasteiger partial charge on any atom is 0.326 e. The van der Waals surface area contributed by atoms with Gasteiger partial charge in [0.1, 0.15) is 24.2 Å². The molecule has 2 rings (SSSR count). The van der Waals surface area contributed by atoms with Gasteiger partial charge in [0, 0.05) is 30.1 Å². The van der Waals surface area contributed by atoms with E-state index in [9.17, 15) is 29.4 Å². The maximum absolute atomic E-state index is 13.4. The van der Waals surface area contributed by atoms with Crippen molar-refractivity contribution in [3.05, 3.63) is 36.0 Å². The summed E-state index contributed by atoms with van der Waals surface area (Å²) in [5.41, 5.74) is 17.9. The molecule has 220 valence electrons. The summed E-state index contributed by atoms with van der Waals surface area (Å²) < 4.78 is 0. The van der Waals surface area contributed by atoms with Gasteiger partial charge in [-0.1, -0.05) is 38.5 Å². The van der Waals surface area contributed by atoms with Gasteiger partial charge < -0.3 is 48.3 Å². The molecule has 0 saturated carbocycles. The number of carboxylic acid groups (broad SMARTS) is 1. The molecule has 12 N–H and O–H groups in total. The van der Waals surface area contributed by atoms with Crippen molar-refractivity contribution in [3.8, 4) is 0 Å². The number of aromatic amines is 1. The Labute approximate surface area is 232 Å². The molecule has 3 amide bonds. The molecule has 0 radical (unpaired) electrons. The number of rotatable bonds is 16. The zero-order chi connectivity index (χ0) is 29.8. The van der Waals surface area contributed by atoms with Gasteiger partial charge in [0.15, 0.2) is 5.96 Å². The first-order chi connectivity index (χ1) is 19.0. The van der Waals surface area contributed by atoms with Gasteiger partial charge in [-0.15, -0.1) is 0 Å². The molecule has 2 aromatic rings. The minimum absolute atomic E-state index is 0.0409. The lowest BCUT2D eigenvalue weighted by Crippen LogP contribution is -2.58. The lowest BCUT2D eigenvalue weighted by Gasteiger charge is -2.26. The van der Waals surface area contributed by atoms with Gasteiger partial charge in [-0.2, -0.15) is 0 Å². The van der Waals surface area contributed by atoms with E-state index in [4.69, 9.17) is 17.2 Å². The number of aromatic nitrogens is 1. The third-order valence-corrected chi connectivity index (χ3v) is 6.62.